The van der Waals surface area contributed by atoms with Crippen molar-refractivity contribution in [1.29, 1.82) is 0 Å². The summed E-state index contributed by atoms with van der Waals surface area (Å²) in [6.07, 6.45) is 2.70. The molecule has 0 aliphatic carbocycles. The number of hydrogen-bond acceptors (Lipinski definition) is 3. The number of carbonyl (C=O) groups is 1. The standard InChI is InChI=1S/C23H23N3O/c1-3-25(20-10-5-4-6-11-20)23(27)19-13-14-22(24-16-19)26-17(2)15-18-9-7-8-12-21(18)26/h4-14,16-17H,3,15H2,1-2H3. The zero-order valence-electron chi connectivity index (χ0n) is 15.7. The van der Waals surface area contributed by atoms with Crippen LogP contribution in [0, 0.1) is 0 Å². The Labute approximate surface area is 160 Å². The normalized spacial score (nSPS) is 15.5. The molecule has 0 spiro atoms. The number of benzene rings is 2. The molecule has 4 nitrogen and oxygen atoms in total. The Morgan fingerprint density at radius 2 is 1.81 bits per heavy atom. The fourth-order valence-corrected chi connectivity index (χ4v) is 3.78. The highest BCUT2D eigenvalue weighted by atomic mass is 16.2. The molecule has 136 valence electrons. The third-order valence-corrected chi connectivity index (χ3v) is 5.08. The summed E-state index contributed by atoms with van der Waals surface area (Å²) in [7, 11) is 0. The molecule has 1 aliphatic rings. The average molecular weight is 357 g/mol. The smallest absolute Gasteiger partial charge is 0.259 e. The molecular formula is C23H23N3O. The number of amides is 1. The second-order valence-corrected chi connectivity index (χ2v) is 6.84. The molecule has 3 aromatic rings. The maximum absolute atomic E-state index is 12.9. The van der Waals surface area contributed by atoms with Gasteiger partial charge in [-0.15, -0.1) is 0 Å². The van der Waals surface area contributed by atoms with E-state index in [1.807, 2.05) is 49.4 Å². The van der Waals surface area contributed by atoms with Crippen molar-refractivity contribution in [3.05, 3.63) is 84.1 Å². The summed E-state index contributed by atoms with van der Waals surface area (Å²) in [5.74, 6) is 0.851. The van der Waals surface area contributed by atoms with E-state index in [1.54, 1.807) is 11.1 Å². The quantitative estimate of drug-likeness (QED) is 0.671. The third-order valence-electron chi connectivity index (χ3n) is 5.08. The predicted molar refractivity (Wildman–Crippen MR) is 110 cm³/mol. The van der Waals surface area contributed by atoms with Crippen LogP contribution in [0.4, 0.5) is 17.2 Å². The first-order valence-electron chi connectivity index (χ1n) is 9.39. The third kappa shape index (κ3) is 3.19. The minimum Gasteiger partial charge on any atom is -0.323 e. The number of fused-ring (bicyclic) bond motifs is 1. The molecule has 0 fully saturated rings. The Kier molecular flexibility index (Phi) is 4.63. The van der Waals surface area contributed by atoms with Crippen LogP contribution < -0.4 is 9.80 Å². The number of carbonyl (C=O) groups excluding carboxylic acids is 1. The van der Waals surface area contributed by atoms with Crippen LogP contribution in [0.1, 0.15) is 29.8 Å². The van der Waals surface area contributed by atoms with Gasteiger partial charge in [0.1, 0.15) is 5.82 Å². The zero-order valence-corrected chi connectivity index (χ0v) is 15.7. The van der Waals surface area contributed by atoms with Gasteiger partial charge in [-0.25, -0.2) is 4.98 Å². The van der Waals surface area contributed by atoms with Gasteiger partial charge in [0.15, 0.2) is 0 Å². The molecule has 4 rings (SSSR count). The van der Waals surface area contributed by atoms with E-state index in [-0.39, 0.29) is 5.91 Å². The van der Waals surface area contributed by atoms with Gasteiger partial charge in [0, 0.05) is 30.2 Å². The lowest BCUT2D eigenvalue weighted by atomic mass is 10.1. The summed E-state index contributed by atoms with van der Waals surface area (Å²) in [5.41, 5.74) is 4.05. The monoisotopic (exact) mass is 357 g/mol. The Morgan fingerprint density at radius 3 is 2.52 bits per heavy atom. The van der Waals surface area contributed by atoms with Gasteiger partial charge in [0.2, 0.25) is 0 Å². The minimum absolute atomic E-state index is 0.0300. The van der Waals surface area contributed by atoms with Crippen molar-refractivity contribution in [2.45, 2.75) is 26.3 Å². The van der Waals surface area contributed by atoms with Crippen LogP contribution in [0.3, 0.4) is 0 Å². The molecule has 0 radical (unpaired) electrons. The molecule has 1 unspecified atom stereocenters. The molecule has 2 heterocycles. The van der Waals surface area contributed by atoms with Gasteiger partial charge < -0.3 is 9.80 Å². The molecule has 1 aromatic heterocycles. The second kappa shape index (κ2) is 7.23. The van der Waals surface area contributed by atoms with Gasteiger partial charge in [0.25, 0.3) is 5.91 Å². The summed E-state index contributed by atoms with van der Waals surface area (Å²) >= 11 is 0. The van der Waals surface area contributed by atoms with E-state index in [0.29, 0.717) is 18.2 Å². The van der Waals surface area contributed by atoms with Crippen molar-refractivity contribution in [2.24, 2.45) is 0 Å². The van der Waals surface area contributed by atoms with Crippen LogP contribution in [0.2, 0.25) is 0 Å². The fraction of sp³-hybridized carbons (Fsp3) is 0.217. The molecule has 0 saturated heterocycles. The molecule has 1 aliphatic heterocycles. The largest absolute Gasteiger partial charge is 0.323 e. The van der Waals surface area contributed by atoms with Crippen molar-refractivity contribution < 1.29 is 4.79 Å². The highest BCUT2D eigenvalue weighted by Crippen LogP contribution is 2.37. The fourth-order valence-electron chi connectivity index (χ4n) is 3.78. The highest BCUT2D eigenvalue weighted by molar-refractivity contribution is 6.06. The second-order valence-electron chi connectivity index (χ2n) is 6.84. The van der Waals surface area contributed by atoms with Gasteiger partial charge in [-0.05, 0) is 56.2 Å². The molecule has 1 amide bonds. The maximum Gasteiger partial charge on any atom is 0.259 e. The first kappa shape index (κ1) is 17.3. The predicted octanol–water partition coefficient (Wildman–Crippen LogP) is 4.83. The first-order valence-corrected chi connectivity index (χ1v) is 9.39. The molecule has 0 saturated carbocycles. The lowest BCUT2D eigenvalue weighted by Gasteiger charge is -2.24. The SMILES string of the molecule is CCN(C(=O)c1ccc(N2c3ccccc3CC2C)nc1)c1ccccc1. The van der Waals surface area contributed by atoms with Crippen LogP contribution in [0.15, 0.2) is 72.9 Å². The summed E-state index contributed by atoms with van der Waals surface area (Å²) in [6, 6.07) is 22.4. The Balaban J connectivity index is 1.60. The van der Waals surface area contributed by atoms with Crippen molar-refractivity contribution in [3.8, 4) is 0 Å². The molecule has 0 bridgehead atoms. The van der Waals surface area contributed by atoms with Crippen molar-refractivity contribution in [1.82, 2.24) is 4.98 Å². The Bertz CT molecular complexity index is 937. The topological polar surface area (TPSA) is 36.4 Å². The van der Waals surface area contributed by atoms with E-state index in [2.05, 4.69) is 41.1 Å². The number of nitrogens with zero attached hydrogens (tertiary/aromatic N) is 3. The highest BCUT2D eigenvalue weighted by Gasteiger charge is 2.27. The van der Waals surface area contributed by atoms with Crippen molar-refractivity contribution >= 4 is 23.1 Å². The number of hydrogen-bond donors (Lipinski definition) is 0. The molecule has 27 heavy (non-hydrogen) atoms. The number of aromatic nitrogens is 1. The van der Waals surface area contributed by atoms with Crippen LogP contribution in [-0.4, -0.2) is 23.5 Å². The Morgan fingerprint density at radius 1 is 1.07 bits per heavy atom. The summed E-state index contributed by atoms with van der Waals surface area (Å²) in [5, 5.41) is 0. The van der Waals surface area contributed by atoms with E-state index in [0.717, 1.165) is 17.9 Å². The lowest BCUT2D eigenvalue weighted by molar-refractivity contribution is 0.0988. The molecule has 2 aromatic carbocycles. The van der Waals surface area contributed by atoms with Crippen molar-refractivity contribution in [3.63, 3.8) is 0 Å². The van der Waals surface area contributed by atoms with E-state index < -0.39 is 0 Å². The van der Waals surface area contributed by atoms with E-state index >= 15 is 0 Å². The van der Waals surface area contributed by atoms with Crippen LogP contribution in [0.25, 0.3) is 0 Å². The Hall–Kier alpha value is -3.14. The summed E-state index contributed by atoms with van der Waals surface area (Å²) in [4.78, 5) is 21.6. The van der Waals surface area contributed by atoms with E-state index in [4.69, 9.17) is 0 Å². The molecule has 4 heteroatoms. The van der Waals surface area contributed by atoms with Crippen LogP contribution >= 0.6 is 0 Å². The van der Waals surface area contributed by atoms with E-state index in [1.165, 1.54) is 11.3 Å². The minimum atomic E-state index is -0.0300. The molecule has 0 N–H and O–H groups in total. The number of rotatable bonds is 4. The van der Waals surface area contributed by atoms with Gasteiger partial charge in [-0.2, -0.15) is 0 Å². The van der Waals surface area contributed by atoms with Gasteiger partial charge in [0.05, 0.1) is 5.56 Å². The zero-order chi connectivity index (χ0) is 18.8. The summed E-state index contributed by atoms with van der Waals surface area (Å²) < 4.78 is 0. The average Bonchev–Trinajstić information content (AvgIpc) is 3.05. The molecule has 1 atom stereocenters. The van der Waals surface area contributed by atoms with Gasteiger partial charge >= 0.3 is 0 Å². The lowest BCUT2D eigenvalue weighted by Crippen LogP contribution is -2.31. The van der Waals surface area contributed by atoms with Gasteiger partial charge in [-0.3, -0.25) is 4.79 Å². The van der Waals surface area contributed by atoms with Crippen LogP contribution in [-0.2, 0) is 6.42 Å². The van der Waals surface area contributed by atoms with Crippen LogP contribution in [0.5, 0.6) is 0 Å². The number of pyridine rings is 1. The maximum atomic E-state index is 12.9. The molecular weight excluding hydrogens is 334 g/mol. The van der Waals surface area contributed by atoms with Gasteiger partial charge in [-0.1, -0.05) is 36.4 Å². The number of anilines is 3. The number of para-hydroxylation sites is 2. The first-order chi connectivity index (χ1) is 13.2. The summed E-state index contributed by atoms with van der Waals surface area (Å²) in [6.45, 7) is 4.80. The van der Waals surface area contributed by atoms with E-state index in [9.17, 15) is 4.79 Å². The van der Waals surface area contributed by atoms with Crippen molar-refractivity contribution in [2.75, 3.05) is 16.3 Å².